The monoisotopic (exact) mass is 437 g/mol. The number of nitrogens with one attached hydrogen (secondary N) is 1. The SMILES string of the molecule is CCOC(=O)c1c(=O)c2cc(F)c(N3CCNC(=O)C3)nc2n2c3ccccc3n(C)c12. The molecule has 5 rings (SSSR count). The van der Waals surface area contributed by atoms with E-state index in [0.29, 0.717) is 24.3 Å². The Morgan fingerprint density at radius 3 is 2.72 bits per heavy atom. The first-order valence-corrected chi connectivity index (χ1v) is 10.2. The molecule has 9 nitrogen and oxygen atoms in total. The number of hydrogen-bond acceptors (Lipinski definition) is 6. The number of fused-ring (bicyclic) bond motifs is 5. The average Bonchev–Trinajstić information content (AvgIpc) is 3.07. The molecule has 32 heavy (non-hydrogen) atoms. The number of para-hydroxylation sites is 2. The van der Waals surface area contributed by atoms with Crippen molar-refractivity contribution in [3.63, 3.8) is 0 Å². The van der Waals surface area contributed by atoms with Gasteiger partial charge in [0.15, 0.2) is 17.3 Å². The predicted octanol–water partition coefficient (Wildman–Crippen LogP) is 1.59. The van der Waals surface area contributed by atoms with Gasteiger partial charge in [0.05, 0.1) is 29.6 Å². The largest absolute Gasteiger partial charge is 0.462 e. The molecule has 1 aliphatic heterocycles. The van der Waals surface area contributed by atoms with E-state index in [1.165, 1.54) is 4.90 Å². The molecule has 1 fully saturated rings. The molecule has 0 saturated carbocycles. The number of ether oxygens (including phenoxy) is 1. The number of hydrogen-bond donors (Lipinski definition) is 1. The van der Waals surface area contributed by atoms with Crippen molar-refractivity contribution in [2.75, 3.05) is 31.1 Å². The average molecular weight is 437 g/mol. The van der Waals surface area contributed by atoms with Crippen LogP contribution in [0.3, 0.4) is 0 Å². The summed E-state index contributed by atoms with van der Waals surface area (Å²) in [7, 11) is 1.74. The second-order valence-electron chi connectivity index (χ2n) is 7.57. The zero-order chi connectivity index (χ0) is 22.6. The van der Waals surface area contributed by atoms with Crippen molar-refractivity contribution in [3.05, 3.63) is 51.9 Å². The van der Waals surface area contributed by atoms with E-state index in [1.807, 2.05) is 24.3 Å². The second kappa shape index (κ2) is 7.33. The van der Waals surface area contributed by atoms with Crippen LogP contribution in [0.2, 0.25) is 0 Å². The van der Waals surface area contributed by atoms with Gasteiger partial charge in [-0.1, -0.05) is 12.1 Å². The number of rotatable bonds is 3. The van der Waals surface area contributed by atoms with Crippen LogP contribution in [0, 0.1) is 5.82 Å². The van der Waals surface area contributed by atoms with Gasteiger partial charge in [-0.15, -0.1) is 0 Å². The number of piperazine rings is 1. The van der Waals surface area contributed by atoms with Gasteiger partial charge >= 0.3 is 5.97 Å². The summed E-state index contributed by atoms with van der Waals surface area (Å²) in [5.41, 5.74) is 1.14. The van der Waals surface area contributed by atoms with Gasteiger partial charge < -0.3 is 19.5 Å². The van der Waals surface area contributed by atoms with Gasteiger partial charge in [-0.2, -0.15) is 0 Å². The molecule has 10 heteroatoms. The summed E-state index contributed by atoms with van der Waals surface area (Å²) in [5, 5.41) is 2.66. The van der Waals surface area contributed by atoms with Gasteiger partial charge in [0.2, 0.25) is 11.3 Å². The molecule has 0 unspecified atom stereocenters. The number of esters is 1. The van der Waals surface area contributed by atoms with Crippen LogP contribution in [0.25, 0.3) is 27.7 Å². The topological polar surface area (TPSA) is 97.9 Å². The van der Waals surface area contributed by atoms with Crippen LogP contribution in [-0.4, -0.2) is 52.1 Å². The minimum atomic E-state index is -0.778. The van der Waals surface area contributed by atoms with Crippen LogP contribution < -0.4 is 15.6 Å². The molecule has 0 aliphatic carbocycles. The summed E-state index contributed by atoms with van der Waals surface area (Å²) in [6.45, 7) is 2.45. The molecule has 1 saturated heterocycles. The Morgan fingerprint density at radius 1 is 1.25 bits per heavy atom. The Kier molecular flexibility index (Phi) is 4.58. The molecule has 3 aromatic heterocycles. The first kappa shape index (κ1) is 20.0. The lowest BCUT2D eigenvalue weighted by Crippen LogP contribution is -2.48. The third-order valence-corrected chi connectivity index (χ3v) is 5.68. The van der Waals surface area contributed by atoms with Crippen molar-refractivity contribution >= 4 is 45.4 Å². The normalized spacial score (nSPS) is 14.3. The van der Waals surface area contributed by atoms with E-state index in [-0.39, 0.29) is 41.5 Å². The quantitative estimate of drug-likeness (QED) is 0.489. The highest BCUT2D eigenvalue weighted by Crippen LogP contribution is 2.28. The maximum atomic E-state index is 15.1. The van der Waals surface area contributed by atoms with E-state index < -0.39 is 17.2 Å². The summed E-state index contributed by atoms with van der Waals surface area (Å²) in [6.07, 6.45) is 0. The molecular formula is C22H20FN5O4. The molecule has 164 valence electrons. The van der Waals surface area contributed by atoms with Crippen molar-refractivity contribution in [2.24, 2.45) is 7.05 Å². The third kappa shape index (κ3) is 2.83. The molecule has 0 atom stereocenters. The van der Waals surface area contributed by atoms with Crippen LogP contribution in [0.1, 0.15) is 17.3 Å². The maximum Gasteiger partial charge on any atom is 0.345 e. The van der Waals surface area contributed by atoms with E-state index in [2.05, 4.69) is 10.3 Å². The van der Waals surface area contributed by atoms with E-state index >= 15 is 4.39 Å². The van der Waals surface area contributed by atoms with Crippen molar-refractivity contribution in [3.8, 4) is 0 Å². The first-order chi connectivity index (χ1) is 15.4. The molecule has 4 aromatic rings. The number of aryl methyl sites for hydroxylation is 1. The van der Waals surface area contributed by atoms with Gasteiger partial charge in [-0.05, 0) is 25.1 Å². The lowest BCUT2D eigenvalue weighted by Gasteiger charge is -2.28. The molecule has 1 amide bonds. The lowest BCUT2D eigenvalue weighted by atomic mass is 10.1. The van der Waals surface area contributed by atoms with Crippen LogP contribution in [0.15, 0.2) is 35.1 Å². The molecule has 0 radical (unpaired) electrons. The fourth-order valence-corrected chi connectivity index (χ4v) is 4.28. The number of nitrogens with zero attached hydrogens (tertiary/aromatic N) is 4. The van der Waals surface area contributed by atoms with Crippen LogP contribution in [-0.2, 0) is 16.6 Å². The summed E-state index contributed by atoms with van der Waals surface area (Å²) < 4.78 is 23.6. The Hall–Kier alpha value is -3.95. The Balaban J connectivity index is 1.93. The van der Waals surface area contributed by atoms with Gasteiger partial charge in [0, 0.05) is 20.1 Å². The van der Waals surface area contributed by atoms with Crippen LogP contribution in [0.4, 0.5) is 10.2 Å². The molecular weight excluding hydrogens is 417 g/mol. The van der Waals surface area contributed by atoms with E-state index in [1.54, 1.807) is 22.9 Å². The Labute approximate surface area is 181 Å². The van der Waals surface area contributed by atoms with Gasteiger partial charge in [-0.25, -0.2) is 14.2 Å². The number of pyridine rings is 2. The highest BCUT2D eigenvalue weighted by Gasteiger charge is 2.28. The minimum Gasteiger partial charge on any atom is -0.462 e. The van der Waals surface area contributed by atoms with Crippen molar-refractivity contribution in [1.29, 1.82) is 0 Å². The first-order valence-electron chi connectivity index (χ1n) is 10.2. The predicted molar refractivity (Wildman–Crippen MR) is 117 cm³/mol. The highest BCUT2D eigenvalue weighted by molar-refractivity contribution is 6.03. The number of imidazole rings is 1. The molecule has 1 aliphatic rings. The fourth-order valence-electron chi connectivity index (χ4n) is 4.28. The van der Waals surface area contributed by atoms with Crippen molar-refractivity contribution < 1.29 is 18.7 Å². The highest BCUT2D eigenvalue weighted by atomic mass is 19.1. The summed E-state index contributed by atoms with van der Waals surface area (Å²) in [5.74, 6) is -1.76. The molecule has 0 bridgehead atoms. The van der Waals surface area contributed by atoms with Crippen LogP contribution in [0.5, 0.6) is 0 Å². The van der Waals surface area contributed by atoms with Crippen molar-refractivity contribution in [1.82, 2.24) is 19.3 Å². The molecule has 1 aromatic carbocycles. The second-order valence-corrected chi connectivity index (χ2v) is 7.57. The van der Waals surface area contributed by atoms with E-state index in [0.717, 1.165) is 11.6 Å². The number of halogens is 1. The number of carbonyl (C=O) groups excluding carboxylic acids is 2. The standard InChI is InChI=1S/C22H20FN5O4/c1-3-32-22(31)17-18(30)12-10-13(23)20(27-9-8-24-16(29)11-27)25-19(12)28-15-7-5-4-6-14(15)26(2)21(17)28/h4-7,10H,3,8-9,11H2,1-2H3,(H,24,29). The van der Waals surface area contributed by atoms with Gasteiger partial charge in [0.25, 0.3) is 0 Å². The molecule has 0 spiro atoms. The Morgan fingerprint density at radius 2 is 2.00 bits per heavy atom. The summed E-state index contributed by atoms with van der Waals surface area (Å²) >= 11 is 0. The fraction of sp³-hybridized carbons (Fsp3) is 0.273. The summed E-state index contributed by atoms with van der Waals surface area (Å²) in [6, 6.07) is 8.45. The zero-order valence-corrected chi connectivity index (χ0v) is 17.5. The molecule has 1 N–H and O–H groups in total. The lowest BCUT2D eigenvalue weighted by molar-refractivity contribution is -0.120. The van der Waals surface area contributed by atoms with E-state index in [9.17, 15) is 14.4 Å². The van der Waals surface area contributed by atoms with Crippen LogP contribution >= 0.6 is 0 Å². The number of benzene rings is 1. The number of carbonyl (C=O) groups is 2. The zero-order valence-electron chi connectivity index (χ0n) is 17.5. The van der Waals surface area contributed by atoms with Crippen molar-refractivity contribution in [2.45, 2.75) is 6.92 Å². The molecule has 4 heterocycles. The number of aromatic nitrogens is 3. The Bertz CT molecular complexity index is 1490. The minimum absolute atomic E-state index is 0.0163. The number of amides is 1. The summed E-state index contributed by atoms with van der Waals surface area (Å²) in [4.78, 5) is 44.0. The van der Waals surface area contributed by atoms with E-state index in [4.69, 9.17) is 4.74 Å². The number of anilines is 1. The van der Waals surface area contributed by atoms with Gasteiger partial charge in [0.1, 0.15) is 11.2 Å². The third-order valence-electron chi connectivity index (χ3n) is 5.68. The smallest absolute Gasteiger partial charge is 0.345 e. The maximum absolute atomic E-state index is 15.1. The van der Waals surface area contributed by atoms with Gasteiger partial charge in [-0.3, -0.25) is 14.0 Å².